The number of carbonyl (C=O) groups is 2. The molecule has 0 aliphatic heterocycles. The Balaban J connectivity index is 1.56. The van der Waals surface area contributed by atoms with E-state index in [2.05, 4.69) is 5.32 Å². The molecule has 0 spiro atoms. The first-order valence-electron chi connectivity index (χ1n) is 10.7. The number of rotatable bonds is 9. The summed E-state index contributed by atoms with van der Waals surface area (Å²) in [5.74, 6) is -0.142. The van der Waals surface area contributed by atoms with Crippen molar-refractivity contribution in [3.05, 3.63) is 94.5 Å². The molecule has 0 aromatic heterocycles. The van der Waals surface area contributed by atoms with Gasteiger partial charge in [0.15, 0.2) is 0 Å². The number of halogens is 3. The van der Waals surface area contributed by atoms with E-state index < -0.39 is 17.7 Å². The molecule has 1 amide bonds. The van der Waals surface area contributed by atoms with Crippen molar-refractivity contribution in [3.63, 3.8) is 0 Å². The van der Waals surface area contributed by atoms with Crippen LogP contribution in [0.2, 0.25) is 0 Å². The molecule has 34 heavy (non-hydrogen) atoms. The third kappa shape index (κ3) is 7.10. The number of aryl methyl sites for hydroxylation is 2. The molecule has 0 heterocycles. The van der Waals surface area contributed by atoms with Crippen molar-refractivity contribution in [2.45, 2.75) is 32.4 Å². The molecule has 0 aliphatic rings. The van der Waals surface area contributed by atoms with Gasteiger partial charge in [0.25, 0.3) is 5.91 Å². The van der Waals surface area contributed by atoms with Gasteiger partial charge in [-0.05, 0) is 78.9 Å². The zero-order valence-electron chi connectivity index (χ0n) is 18.5. The minimum absolute atomic E-state index is 0.0526. The predicted molar refractivity (Wildman–Crippen MR) is 121 cm³/mol. The van der Waals surface area contributed by atoms with Crippen LogP contribution in [-0.4, -0.2) is 23.5 Å². The van der Waals surface area contributed by atoms with Gasteiger partial charge in [-0.3, -0.25) is 9.59 Å². The van der Waals surface area contributed by atoms with Crippen molar-refractivity contribution in [3.8, 4) is 11.5 Å². The highest BCUT2D eigenvalue weighted by Crippen LogP contribution is 2.29. The average molecular weight is 471 g/mol. The van der Waals surface area contributed by atoms with Gasteiger partial charge in [-0.25, -0.2) is 0 Å². The van der Waals surface area contributed by atoms with Crippen LogP contribution in [0.25, 0.3) is 0 Å². The maximum absolute atomic E-state index is 12.6. The summed E-state index contributed by atoms with van der Waals surface area (Å²) in [6.45, 7) is 2.15. The third-order valence-electron chi connectivity index (χ3n) is 5.23. The van der Waals surface area contributed by atoms with Crippen LogP contribution >= 0.6 is 0 Å². The lowest BCUT2D eigenvalue weighted by Crippen LogP contribution is -2.25. The van der Waals surface area contributed by atoms with Gasteiger partial charge in [-0.1, -0.05) is 24.3 Å². The quantitative estimate of drug-likeness (QED) is 0.414. The Bertz CT molecular complexity index is 1160. The van der Waals surface area contributed by atoms with E-state index in [0.29, 0.717) is 35.5 Å². The van der Waals surface area contributed by atoms with Crippen LogP contribution < -0.4 is 10.1 Å². The van der Waals surface area contributed by atoms with Gasteiger partial charge in [0.1, 0.15) is 11.5 Å². The SMILES string of the molecule is Cc1cc(Oc2cccc(C(=O)NCCc3ccc(C(F)(F)F)cc3)c2)ccc1CCC(=O)O. The van der Waals surface area contributed by atoms with Crippen LogP contribution in [0.3, 0.4) is 0 Å². The first-order chi connectivity index (χ1) is 16.1. The lowest BCUT2D eigenvalue weighted by Gasteiger charge is -2.11. The highest BCUT2D eigenvalue weighted by molar-refractivity contribution is 5.94. The van der Waals surface area contributed by atoms with E-state index in [4.69, 9.17) is 9.84 Å². The number of benzene rings is 3. The minimum Gasteiger partial charge on any atom is -0.481 e. The van der Waals surface area contributed by atoms with Crippen molar-refractivity contribution in [1.82, 2.24) is 5.32 Å². The Morgan fingerprint density at radius 2 is 1.65 bits per heavy atom. The number of hydrogen-bond donors (Lipinski definition) is 2. The molecular weight excluding hydrogens is 447 g/mol. The van der Waals surface area contributed by atoms with Gasteiger partial charge in [0, 0.05) is 18.5 Å². The highest BCUT2D eigenvalue weighted by Gasteiger charge is 2.29. The smallest absolute Gasteiger partial charge is 0.416 e. The summed E-state index contributed by atoms with van der Waals surface area (Å²) in [6.07, 6.45) is -3.49. The second-order valence-corrected chi connectivity index (χ2v) is 7.81. The lowest BCUT2D eigenvalue weighted by atomic mass is 10.0. The average Bonchev–Trinajstić information content (AvgIpc) is 2.78. The van der Waals surface area contributed by atoms with E-state index in [1.807, 2.05) is 19.1 Å². The Labute approximate surface area is 195 Å². The summed E-state index contributed by atoms with van der Waals surface area (Å²) in [7, 11) is 0. The molecule has 3 aromatic carbocycles. The van der Waals surface area contributed by atoms with E-state index in [-0.39, 0.29) is 18.9 Å². The van der Waals surface area contributed by atoms with E-state index in [9.17, 15) is 22.8 Å². The largest absolute Gasteiger partial charge is 0.481 e. The van der Waals surface area contributed by atoms with Crippen LogP contribution in [0, 0.1) is 6.92 Å². The number of hydrogen-bond acceptors (Lipinski definition) is 3. The molecule has 0 radical (unpaired) electrons. The maximum atomic E-state index is 12.6. The number of aliphatic carboxylic acids is 1. The summed E-state index contributed by atoms with van der Waals surface area (Å²) < 4.78 is 43.8. The van der Waals surface area contributed by atoms with E-state index >= 15 is 0 Å². The molecule has 2 N–H and O–H groups in total. The van der Waals surface area contributed by atoms with Gasteiger partial charge in [-0.2, -0.15) is 13.2 Å². The second kappa shape index (κ2) is 10.9. The van der Waals surface area contributed by atoms with Crippen LogP contribution in [-0.2, 0) is 23.8 Å². The van der Waals surface area contributed by atoms with Crippen molar-refractivity contribution in [2.24, 2.45) is 0 Å². The molecule has 3 rings (SSSR count). The fourth-order valence-electron chi connectivity index (χ4n) is 3.37. The second-order valence-electron chi connectivity index (χ2n) is 7.81. The van der Waals surface area contributed by atoms with Crippen LogP contribution in [0.15, 0.2) is 66.7 Å². The van der Waals surface area contributed by atoms with Crippen LogP contribution in [0.4, 0.5) is 13.2 Å². The Kier molecular flexibility index (Phi) is 7.94. The maximum Gasteiger partial charge on any atom is 0.416 e. The van der Waals surface area contributed by atoms with Crippen LogP contribution in [0.1, 0.15) is 39.0 Å². The highest BCUT2D eigenvalue weighted by atomic mass is 19.4. The fraction of sp³-hybridized carbons (Fsp3) is 0.231. The fourth-order valence-corrected chi connectivity index (χ4v) is 3.37. The zero-order valence-corrected chi connectivity index (χ0v) is 18.5. The molecule has 0 saturated carbocycles. The first-order valence-corrected chi connectivity index (χ1v) is 10.7. The molecule has 5 nitrogen and oxygen atoms in total. The molecule has 0 atom stereocenters. The topological polar surface area (TPSA) is 75.6 Å². The van der Waals surface area contributed by atoms with Gasteiger partial charge in [-0.15, -0.1) is 0 Å². The van der Waals surface area contributed by atoms with Crippen molar-refractivity contribution in [2.75, 3.05) is 6.54 Å². The standard InChI is InChI=1S/C26H24F3NO4/c1-17-15-23(11-7-19(17)8-12-24(31)32)34-22-4-2-3-20(16-22)25(33)30-14-13-18-5-9-21(10-6-18)26(27,28)29/h2-7,9-11,15-16H,8,12-14H2,1H3,(H,30,33)(H,31,32). The van der Waals surface area contributed by atoms with Gasteiger partial charge in [0.2, 0.25) is 0 Å². The summed E-state index contributed by atoms with van der Waals surface area (Å²) in [5.41, 5.74) is 2.21. The molecular formula is C26H24F3NO4. The van der Waals surface area contributed by atoms with Gasteiger partial charge in [0.05, 0.1) is 5.56 Å². The zero-order chi connectivity index (χ0) is 24.7. The molecule has 0 unspecified atom stereocenters. The number of carboxylic acids is 1. The Morgan fingerprint density at radius 1 is 0.941 bits per heavy atom. The normalized spacial score (nSPS) is 11.2. The predicted octanol–water partition coefficient (Wildman–Crippen LogP) is 5.80. The molecule has 0 bridgehead atoms. The summed E-state index contributed by atoms with van der Waals surface area (Å²) in [6, 6.07) is 16.9. The van der Waals surface area contributed by atoms with Gasteiger partial charge >= 0.3 is 12.1 Å². The third-order valence-corrected chi connectivity index (χ3v) is 5.23. The van der Waals surface area contributed by atoms with Crippen LogP contribution in [0.5, 0.6) is 11.5 Å². The monoisotopic (exact) mass is 471 g/mol. The molecule has 0 aliphatic carbocycles. The number of ether oxygens (including phenoxy) is 1. The summed E-state index contributed by atoms with van der Waals surface area (Å²) in [4.78, 5) is 23.3. The van der Waals surface area contributed by atoms with Crippen molar-refractivity contribution < 1.29 is 32.6 Å². The van der Waals surface area contributed by atoms with Gasteiger partial charge < -0.3 is 15.2 Å². The summed E-state index contributed by atoms with van der Waals surface area (Å²) in [5, 5.41) is 11.6. The Morgan fingerprint density at radius 3 is 2.29 bits per heavy atom. The number of alkyl halides is 3. The molecule has 3 aromatic rings. The summed E-state index contributed by atoms with van der Waals surface area (Å²) >= 11 is 0. The number of carboxylic acid groups (broad SMARTS) is 1. The number of carbonyl (C=O) groups excluding carboxylic acids is 1. The molecule has 0 saturated heterocycles. The number of amides is 1. The minimum atomic E-state index is -4.37. The molecule has 8 heteroatoms. The lowest BCUT2D eigenvalue weighted by molar-refractivity contribution is -0.138. The first kappa shape index (κ1) is 24.8. The van der Waals surface area contributed by atoms with Crippen molar-refractivity contribution >= 4 is 11.9 Å². The number of nitrogens with one attached hydrogen (secondary N) is 1. The van der Waals surface area contributed by atoms with E-state index in [1.54, 1.807) is 30.3 Å². The Hall–Kier alpha value is -3.81. The molecule has 0 fully saturated rings. The van der Waals surface area contributed by atoms with E-state index in [1.165, 1.54) is 12.1 Å². The van der Waals surface area contributed by atoms with Crippen molar-refractivity contribution in [1.29, 1.82) is 0 Å². The molecule has 178 valence electrons. The van der Waals surface area contributed by atoms with E-state index in [0.717, 1.165) is 23.3 Å².